The molecule has 2 atom stereocenters. The monoisotopic (exact) mass is 606 g/mol. The van der Waals surface area contributed by atoms with Crippen molar-refractivity contribution in [3.8, 4) is 0 Å². The summed E-state index contributed by atoms with van der Waals surface area (Å²) in [4.78, 5) is 24.2. The second kappa shape index (κ2) is 9.10. The highest BCUT2D eigenvalue weighted by atomic mass is 79.9. The summed E-state index contributed by atoms with van der Waals surface area (Å²) in [7, 11) is 0. The lowest BCUT2D eigenvalue weighted by atomic mass is 9.46. The third-order valence-corrected chi connectivity index (χ3v) is 9.44. The average Bonchev–Trinajstić information content (AvgIpc) is 3.42. The van der Waals surface area contributed by atoms with Gasteiger partial charge in [-0.1, -0.05) is 29.3 Å². The van der Waals surface area contributed by atoms with E-state index in [0.29, 0.717) is 45.1 Å². The van der Waals surface area contributed by atoms with Gasteiger partial charge in [-0.05, 0) is 89.4 Å². The van der Waals surface area contributed by atoms with E-state index in [1.54, 1.807) is 23.0 Å². The van der Waals surface area contributed by atoms with Crippen molar-refractivity contribution in [3.63, 3.8) is 0 Å². The van der Waals surface area contributed by atoms with Crippen molar-refractivity contribution in [3.05, 3.63) is 67.0 Å². The Balaban J connectivity index is 1.18. The number of carbonyl (C=O) groups is 1. The Kier molecular flexibility index (Phi) is 6.12. The minimum absolute atomic E-state index is 0.0165. The number of hydrogen-bond donors (Lipinski definition) is 1. The molecule has 1 aromatic carbocycles. The quantitative estimate of drug-likeness (QED) is 0.246. The molecule has 2 unspecified atom stereocenters. The zero-order chi connectivity index (χ0) is 25.9. The summed E-state index contributed by atoms with van der Waals surface area (Å²) in [6, 6.07) is 5.33. The fourth-order valence-corrected chi connectivity index (χ4v) is 8.33. The Hall–Kier alpha value is -2.43. The largest absolute Gasteiger partial charge is 0.308 e. The zero-order valence-corrected chi connectivity index (χ0v) is 23.0. The standard InChI is InChI=1S/C25H25BrCl2N6O3/c26-20-13-32(11-17-1-2-18(27)4-21(17)28)31-23(20)30-22(35)9-24-5-15-3-16(6-24)8-25(7-15,14-24)33-12-19(10-29-33)34(36)37/h1-2,4,10,12-13,15-16H,3,5-9,11,14H2,(H,30,31,35). The number of hydrogen-bond acceptors (Lipinski definition) is 5. The Morgan fingerprint density at radius 3 is 2.65 bits per heavy atom. The van der Waals surface area contributed by atoms with Gasteiger partial charge in [0.05, 0.1) is 21.5 Å². The number of halogens is 3. The number of anilines is 1. The smallest absolute Gasteiger partial charge is 0.307 e. The molecule has 4 fully saturated rings. The molecule has 4 aliphatic rings. The first-order valence-electron chi connectivity index (χ1n) is 12.3. The normalized spacial score (nSPS) is 28.0. The maximum absolute atomic E-state index is 13.3. The molecule has 1 N–H and O–H groups in total. The Bertz CT molecular complexity index is 1390. The molecule has 3 aromatic rings. The summed E-state index contributed by atoms with van der Waals surface area (Å²) in [5, 5.41) is 24.3. The highest BCUT2D eigenvalue weighted by molar-refractivity contribution is 9.10. The molecule has 0 radical (unpaired) electrons. The summed E-state index contributed by atoms with van der Waals surface area (Å²) in [5.41, 5.74) is 0.499. The van der Waals surface area contributed by atoms with Crippen molar-refractivity contribution < 1.29 is 9.72 Å². The van der Waals surface area contributed by atoms with Gasteiger partial charge in [0.15, 0.2) is 5.82 Å². The van der Waals surface area contributed by atoms with Crippen molar-refractivity contribution >= 4 is 56.5 Å². The van der Waals surface area contributed by atoms with Gasteiger partial charge in [0.2, 0.25) is 5.91 Å². The van der Waals surface area contributed by atoms with Crippen LogP contribution >= 0.6 is 39.1 Å². The van der Waals surface area contributed by atoms with E-state index in [9.17, 15) is 14.9 Å². The molecule has 4 saturated carbocycles. The second-order valence-electron chi connectivity index (χ2n) is 11.1. The van der Waals surface area contributed by atoms with Crippen LogP contribution in [0.15, 0.2) is 41.3 Å². The number of nitro groups is 1. The summed E-state index contributed by atoms with van der Waals surface area (Å²) in [6.07, 6.45) is 11.0. The van der Waals surface area contributed by atoms with E-state index in [1.165, 1.54) is 6.20 Å². The fourth-order valence-electron chi connectivity index (χ4n) is 7.45. The molecule has 0 spiro atoms. The molecule has 194 valence electrons. The number of aromatic nitrogens is 4. The summed E-state index contributed by atoms with van der Waals surface area (Å²) in [5.74, 6) is 1.41. The van der Waals surface area contributed by atoms with Crippen LogP contribution in [0.4, 0.5) is 11.5 Å². The highest BCUT2D eigenvalue weighted by Crippen LogP contribution is 2.65. The first-order valence-corrected chi connectivity index (χ1v) is 13.8. The van der Waals surface area contributed by atoms with Crippen LogP contribution < -0.4 is 5.32 Å². The Morgan fingerprint density at radius 1 is 1.22 bits per heavy atom. The average molecular weight is 608 g/mol. The molecule has 37 heavy (non-hydrogen) atoms. The molecule has 4 bridgehead atoms. The number of rotatable bonds is 7. The molecule has 4 aliphatic carbocycles. The first kappa shape index (κ1) is 24.9. The van der Waals surface area contributed by atoms with E-state index < -0.39 is 4.92 Å². The van der Waals surface area contributed by atoms with Gasteiger partial charge >= 0.3 is 5.69 Å². The van der Waals surface area contributed by atoms with Crippen molar-refractivity contribution in [1.29, 1.82) is 0 Å². The molecular formula is C25H25BrCl2N6O3. The van der Waals surface area contributed by atoms with Gasteiger partial charge in [0.1, 0.15) is 12.4 Å². The predicted molar refractivity (Wildman–Crippen MR) is 143 cm³/mol. The van der Waals surface area contributed by atoms with Gasteiger partial charge in [0.25, 0.3) is 0 Å². The molecule has 12 heteroatoms. The maximum atomic E-state index is 13.3. The molecular weight excluding hydrogens is 583 g/mol. The Labute approximate surface area is 231 Å². The molecule has 7 rings (SSSR count). The Morgan fingerprint density at radius 2 is 1.97 bits per heavy atom. The van der Waals surface area contributed by atoms with Crippen LogP contribution in [0.1, 0.15) is 50.5 Å². The zero-order valence-electron chi connectivity index (χ0n) is 19.9. The molecule has 2 heterocycles. The number of nitrogens with one attached hydrogen (secondary N) is 1. The van der Waals surface area contributed by atoms with Crippen LogP contribution in [0.5, 0.6) is 0 Å². The lowest BCUT2D eigenvalue weighted by molar-refractivity contribution is -0.385. The minimum atomic E-state index is -0.398. The van der Waals surface area contributed by atoms with E-state index in [2.05, 4.69) is 31.4 Å². The van der Waals surface area contributed by atoms with Gasteiger partial charge in [-0.3, -0.25) is 24.3 Å². The molecule has 1 amide bonds. The van der Waals surface area contributed by atoms with Crippen LogP contribution in [0, 0.1) is 27.4 Å². The van der Waals surface area contributed by atoms with Crippen LogP contribution in [-0.4, -0.2) is 30.4 Å². The van der Waals surface area contributed by atoms with Crippen LogP contribution in [-0.2, 0) is 16.9 Å². The third-order valence-electron chi connectivity index (χ3n) is 8.28. The summed E-state index contributed by atoms with van der Waals surface area (Å²) < 4.78 is 4.24. The first-order chi connectivity index (χ1) is 17.6. The third kappa shape index (κ3) is 4.68. The van der Waals surface area contributed by atoms with Gasteiger partial charge in [-0.25, -0.2) is 0 Å². The topological polar surface area (TPSA) is 108 Å². The van der Waals surface area contributed by atoms with E-state index >= 15 is 0 Å². The van der Waals surface area contributed by atoms with Crippen LogP contribution in [0.2, 0.25) is 10.0 Å². The van der Waals surface area contributed by atoms with Gasteiger partial charge < -0.3 is 5.32 Å². The molecule has 0 saturated heterocycles. The minimum Gasteiger partial charge on any atom is -0.308 e. The number of amides is 1. The lowest BCUT2D eigenvalue weighted by Gasteiger charge is -2.61. The van der Waals surface area contributed by atoms with Gasteiger partial charge in [0, 0.05) is 22.7 Å². The number of carbonyl (C=O) groups excluding carboxylic acids is 1. The van der Waals surface area contributed by atoms with Gasteiger partial charge in [-0.2, -0.15) is 10.2 Å². The van der Waals surface area contributed by atoms with E-state index in [0.717, 1.165) is 44.1 Å². The highest BCUT2D eigenvalue weighted by Gasteiger charge is 2.59. The van der Waals surface area contributed by atoms with Crippen molar-refractivity contribution in [2.24, 2.45) is 17.3 Å². The van der Waals surface area contributed by atoms with Crippen molar-refractivity contribution in [1.82, 2.24) is 19.6 Å². The SMILES string of the molecule is O=C(CC12CC3CC(C1)CC(n1cc([N+](=O)[O-])cn1)(C3)C2)Nc1nn(Cc2ccc(Cl)cc2Cl)cc1Br. The van der Waals surface area contributed by atoms with Crippen molar-refractivity contribution in [2.75, 3.05) is 5.32 Å². The summed E-state index contributed by atoms with van der Waals surface area (Å²) in [6.45, 7) is 0.441. The fraction of sp³-hybridized carbons (Fsp3) is 0.480. The van der Waals surface area contributed by atoms with E-state index in [1.807, 2.05) is 16.9 Å². The number of benzene rings is 1. The number of nitrogens with zero attached hydrogens (tertiary/aromatic N) is 5. The molecule has 2 aromatic heterocycles. The van der Waals surface area contributed by atoms with Crippen LogP contribution in [0.25, 0.3) is 0 Å². The maximum Gasteiger partial charge on any atom is 0.307 e. The van der Waals surface area contributed by atoms with Crippen LogP contribution in [0.3, 0.4) is 0 Å². The van der Waals surface area contributed by atoms with E-state index in [-0.39, 0.29) is 22.5 Å². The van der Waals surface area contributed by atoms with E-state index in [4.69, 9.17) is 23.2 Å². The van der Waals surface area contributed by atoms with Crippen molar-refractivity contribution in [2.45, 2.75) is 57.0 Å². The lowest BCUT2D eigenvalue weighted by Crippen LogP contribution is -2.57. The summed E-state index contributed by atoms with van der Waals surface area (Å²) >= 11 is 15.8. The second-order valence-corrected chi connectivity index (χ2v) is 12.8. The molecule has 0 aliphatic heterocycles. The predicted octanol–water partition coefficient (Wildman–Crippen LogP) is 6.43. The van der Waals surface area contributed by atoms with Gasteiger partial charge in [-0.15, -0.1) is 0 Å². The molecule has 9 nitrogen and oxygen atoms in total.